The van der Waals surface area contributed by atoms with Crippen LogP contribution in [0.2, 0.25) is 0 Å². The number of amides is 3. The van der Waals surface area contributed by atoms with Crippen molar-refractivity contribution in [2.75, 3.05) is 0 Å². The van der Waals surface area contributed by atoms with Crippen LogP contribution in [0.5, 0.6) is 0 Å². The van der Waals surface area contributed by atoms with Gasteiger partial charge in [0.2, 0.25) is 17.7 Å². The number of nitrogens with one attached hydrogen (secondary N) is 2. The first-order chi connectivity index (χ1) is 7.75. The maximum atomic E-state index is 11.6. The number of carboxylic acids is 1. The van der Waals surface area contributed by atoms with Crippen LogP contribution in [0, 0.1) is 5.41 Å². The first-order valence-corrected chi connectivity index (χ1v) is 5.13. The van der Waals surface area contributed by atoms with Gasteiger partial charge in [0.15, 0.2) is 0 Å². The molecule has 0 aromatic heterocycles. The Morgan fingerprint density at radius 2 is 2.00 bits per heavy atom. The van der Waals surface area contributed by atoms with Crippen molar-refractivity contribution >= 4 is 23.7 Å². The van der Waals surface area contributed by atoms with Gasteiger partial charge in [-0.2, -0.15) is 0 Å². The zero-order chi connectivity index (χ0) is 13.2. The second-order valence-corrected chi connectivity index (χ2v) is 4.41. The fourth-order valence-corrected chi connectivity index (χ4v) is 1.27. The van der Waals surface area contributed by atoms with Crippen LogP contribution in [0.25, 0.3) is 0 Å². The fraction of sp³-hybridized carbons (Fsp3) is 0.600. The Balaban J connectivity index is 2.67. The molecule has 1 aliphatic rings. The van der Waals surface area contributed by atoms with E-state index in [0.29, 0.717) is 0 Å². The van der Waals surface area contributed by atoms with Crippen LogP contribution in [-0.4, -0.2) is 34.8 Å². The summed E-state index contributed by atoms with van der Waals surface area (Å²) < 4.78 is 0. The Kier molecular flexibility index (Phi) is 3.50. The quantitative estimate of drug-likeness (QED) is 0.435. The molecular weight excluding hydrogens is 228 g/mol. The van der Waals surface area contributed by atoms with E-state index in [1.807, 2.05) is 0 Å². The number of imide groups is 1. The molecule has 7 heteroatoms. The molecule has 0 aliphatic carbocycles. The largest absolute Gasteiger partial charge is 0.480 e. The van der Waals surface area contributed by atoms with Crippen LogP contribution in [-0.2, 0) is 19.2 Å². The Labute approximate surface area is 97.6 Å². The lowest BCUT2D eigenvalue weighted by Crippen LogP contribution is -2.55. The van der Waals surface area contributed by atoms with Gasteiger partial charge < -0.3 is 10.4 Å². The number of hydrogen-bond donors (Lipinski definition) is 3. The summed E-state index contributed by atoms with van der Waals surface area (Å²) in [5, 5.41) is 13.2. The molecule has 0 saturated carbocycles. The summed E-state index contributed by atoms with van der Waals surface area (Å²) >= 11 is 0. The molecule has 1 unspecified atom stereocenters. The minimum absolute atomic E-state index is 0.129. The molecule has 0 aromatic carbocycles. The van der Waals surface area contributed by atoms with Crippen LogP contribution in [0.1, 0.15) is 26.7 Å². The van der Waals surface area contributed by atoms with Crippen LogP contribution >= 0.6 is 0 Å². The van der Waals surface area contributed by atoms with Crippen LogP contribution in [0.15, 0.2) is 0 Å². The Morgan fingerprint density at radius 1 is 1.41 bits per heavy atom. The number of piperidine rings is 1. The lowest BCUT2D eigenvalue weighted by Gasteiger charge is -2.25. The highest BCUT2D eigenvalue weighted by Gasteiger charge is 2.39. The summed E-state index contributed by atoms with van der Waals surface area (Å²) in [6, 6.07) is -0.848. The summed E-state index contributed by atoms with van der Waals surface area (Å²) in [4.78, 5) is 44.7. The van der Waals surface area contributed by atoms with Crippen molar-refractivity contribution in [2.45, 2.75) is 32.7 Å². The molecule has 1 rings (SSSR count). The van der Waals surface area contributed by atoms with Crippen molar-refractivity contribution in [2.24, 2.45) is 5.41 Å². The Morgan fingerprint density at radius 3 is 2.47 bits per heavy atom. The maximum Gasteiger partial charge on any atom is 0.318 e. The van der Waals surface area contributed by atoms with Gasteiger partial charge in [0, 0.05) is 6.42 Å². The highest BCUT2D eigenvalue weighted by Crippen LogP contribution is 2.16. The van der Waals surface area contributed by atoms with Gasteiger partial charge in [-0.05, 0) is 20.3 Å². The minimum atomic E-state index is -1.61. The molecule has 7 nitrogen and oxygen atoms in total. The second-order valence-electron chi connectivity index (χ2n) is 4.41. The Bertz CT molecular complexity index is 388. The summed E-state index contributed by atoms with van der Waals surface area (Å²) in [5.74, 6) is -3.02. The van der Waals surface area contributed by atoms with E-state index in [1.165, 1.54) is 13.8 Å². The molecular formula is C10H14N2O5. The van der Waals surface area contributed by atoms with E-state index in [0.717, 1.165) is 0 Å². The third-order valence-corrected chi connectivity index (χ3v) is 2.65. The summed E-state index contributed by atoms with van der Waals surface area (Å²) in [6.45, 7) is 2.49. The lowest BCUT2D eigenvalue weighted by atomic mass is 9.91. The van der Waals surface area contributed by atoms with Crippen molar-refractivity contribution in [3.05, 3.63) is 0 Å². The SMILES string of the molecule is CC(C)(C(=O)O)C(=O)NC1CCC(=O)NC1=O. The molecule has 0 radical (unpaired) electrons. The van der Waals surface area contributed by atoms with E-state index >= 15 is 0 Å². The van der Waals surface area contributed by atoms with Crippen LogP contribution < -0.4 is 10.6 Å². The zero-order valence-corrected chi connectivity index (χ0v) is 9.57. The van der Waals surface area contributed by atoms with E-state index in [9.17, 15) is 19.2 Å². The predicted molar refractivity (Wildman–Crippen MR) is 55.7 cm³/mol. The third-order valence-electron chi connectivity index (χ3n) is 2.65. The molecule has 1 heterocycles. The Hall–Kier alpha value is -1.92. The maximum absolute atomic E-state index is 11.6. The van der Waals surface area contributed by atoms with E-state index in [2.05, 4.69) is 10.6 Å². The molecule has 0 aromatic rings. The van der Waals surface area contributed by atoms with Gasteiger partial charge in [-0.3, -0.25) is 24.5 Å². The molecule has 1 aliphatic heterocycles. The zero-order valence-electron chi connectivity index (χ0n) is 9.57. The van der Waals surface area contributed by atoms with Gasteiger partial charge in [0.25, 0.3) is 0 Å². The fourth-order valence-electron chi connectivity index (χ4n) is 1.27. The van der Waals surface area contributed by atoms with Crippen molar-refractivity contribution in [1.29, 1.82) is 0 Å². The molecule has 94 valence electrons. The van der Waals surface area contributed by atoms with Crippen molar-refractivity contribution in [3.8, 4) is 0 Å². The molecule has 3 amide bonds. The summed E-state index contributed by atoms with van der Waals surface area (Å²) in [5.41, 5.74) is -1.61. The van der Waals surface area contributed by atoms with E-state index in [-0.39, 0.29) is 12.8 Å². The molecule has 1 atom stereocenters. The van der Waals surface area contributed by atoms with Gasteiger partial charge in [0.1, 0.15) is 11.5 Å². The molecule has 1 saturated heterocycles. The van der Waals surface area contributed by atoms with Crippen molar-refractivity contribution < 1.29 is 24.3 Å². The topological polar surface area (TPSA) is 113 Å². The number of rotatable bonds is 3. The minimum Gasteiger partial charge on any atom is -0.480 e. The average Bonchev–Trinajstić information content (AvgIpc) is 2.21. The van der Waals surface area contributed by atoms with Crippen LogP contribution in [0.3, 0.4) is 0 Å². The standard InChI is InChI=1S/C10H14N2O5/c1-10(2,9(16)17)8(15)11-5-3-4-6(13)12-7(5)14/h5H,3-4H2,1-2H3,(H,11,15)(H,16,17)(H,12,13,14). The number of carbonyl (C=O) groups is 4. The predicted octanol–water partition coefficient (Wildman–Crippen LogP) is -0.981. The van der Waals surface area contributed by atoms with Gasteiger partial charge in [-0.25, -0.2) is 0 Å². The highest BCUT2D eigenvalue weighted by molar-refractivity contribution is 6.05. The average molecular weight is 242 g/mol. The lowest BCUT2D eigenvalue weighted by molar-refractivity contribution is -0.154. The first-order valence-electron chi connectivity index (χ1n) is 5.13. The van der Waals surface area contributed by atoms with Gasteiger partial charge in [-0.15, -0.1) is 0 Å². The first kappa shape index (κ1) is 13.1. The number of aliphatic carboxylic acids is 1. The summed E-state index contributed by atoms with van der Waals surface area (Å²) in [6.07, 6.45) is 0.316. The monoisotopic (exact) mass is 242 g/mol. The summed E-state index contributed by atoms with van der Waals surface area (Å²) in [7, 11) is 0. The normalized spacial score (nSPS) is 20.7. The molecule has 3 N–H and O–H groups in total. The number of carbonyl (C=O) groups excluding carboxylic acids is 3. The molecule has 1 fully saturated rings. The van der Waals surface area contributed by atoms with E-state index in [1.54, 1.807) is 0 Å². The van der Waals surface area contributed by atoms with E-state index < -0.39 is 35.1 Å². The molecule has 0 spiro atoms. The molecule has 17 heavy (non-hydrogen) atoms. The van der Waals surface area contributed by atoms with Crippen molar-refractivity contribution in [3.63, 3.8) is 0 Å². The van der Waals surface area contributed by atoms with Gasteiger partial charge in [-0.1, -0.05) is 0 Å². The highest BCUT2D eigenvalue weighted by atomic mass is 16.4. The third kappa shape index (κ3) is 2.80. The van der Waals surface area contributed by atoms with Crippen LogP contribution in [0.4, 0.5) is 0 Å². The van der Waals surface area contributed by atoms with Gasteiger partial charge >= 0.3 is 5.97 Å². The van der Waals surface area contributed by atoms with Crippen molar-refractivity contribution in [1.82, 2.24) is 10.6 Å². The van der Waals surface area contributed by atoms with E-state index in [4.69, 9.17) is 5.11 Å². The molecule has 0 bridgehead atoms. The van der Waals surface area contributed by atoms with Gasteiger partial charge in [0.05, 0.1) is 0 Å². The number of carboxylic acid groups (broad SMARTS) is 1. The second kappa shape index (κ2) is 4.52. The smallest absolute Gasteiger partial charge is 0.318 e. The number of hydrogen-bond acceptors (Lipinski definition) is 4.